The second kappa shape index (κ2) is 4.78. The van der Waals surface area contributed by atoms with E-state index in [-0.39, 0.29) is 24.5 Å². The van der Waals surface area contributed by atoms with Crippen LogP contribution in [0.5, 0.6) is 0 Å². The van der Waals surface area contributed by atoms with Crippen LogP contribution in [0.2, 0.25) is 0 Å². The van der Waals surface area contributed by atoms with Crippen LogP contribution in [0.15, 0.2) is 0 Å². The maximum Gasteiger partial charge on any atom is 0.392 e. The molecule has 6 heteroatoms. The van der Waals surface area contributed by atoms with Gasteiger partial charge in [-0.05, 0) is 49.9 Å². The fourth-order valence-corrected chi connectivity index (χ4v) is 3.59. The first-order chi connectivity index (χ1) is 7.88. The molecule has 0 saturated heterocycles. The number of halogens is 3. The molecule has 0 amide bonds. The van der Waals surface area contributed by atoms with E-state index >= 15 is 0 Å². The molecule has 2 nitrogen and oxygen atoms in total. The van der Waals surface area contributed by atoms with Crippen LogP contribution in [-0.4, -0.2) is 20.3 Å². The van der Waals surface area contributed by atoms with Crippen molar-refractivity contribution in [1.82, 2.24) is 0 Å². The summed E-state index contributed by atoms with van der Waals surface area (Å²) in [6.45, 7) is 0. The van der Waals surface area contributed by atoms with E-state index in [0.717, 1.165) is 12.8 Å². The molecular formula is C11H16F3O2S. The number of thiol groups is 1. The van der Waals surface area contributed by atoms with E-state index in [2.05, 4.69) is 0 Å². The number of rotatable bonds is 3. The van der Waals surface area contributed by atoms with E-state index in [1.54, 1.807) is 0 Å². The first kappa shape index (κ1) is 13.2. The maximum atomic E-state index is 12.9. The molecule has 2 aliphatic rings. The summed E-state index contributed by atoms with van der Waals surface area (Å²) in [4.78, 5) is 0. The molecule has 0 aromatic rings. The highest BCUT2D eigenvalue weighted by Crippen LogP contribution is 2.50. The van der Waals surface area contributed by atoms with Gasteiger partial charge in [0.1, 0.15) is 10.7 Å². The molecule has 0 aromatic heterocycles. The van der Waals surface area contributed by atoms with E-state index in [0.29, 0.717) is 5.92 Å². The van der Waals surface area contributed by atoms with Gasteiger partial charge in [0.15, 0.2) is 0 Å². The van der Waals surface area contributed by atoms with Gasteiger partial charge in [-0.25, -0.2) is 8.42 Å². The molecule has 2 saturated carbocycles. The predicted octanol–water partition coefficient (Wildman–Crippen LogP) is 2.42. The fraction of sp³-hybridized carbons (Fsp3) is 0.909. The Bertz CT molecular complexity index is 339. The molecule has 2 fully saturated rings. The summed E-state index contributed by atoms with van der Waals surface area (Å²) in [5, 5.41) is 0. The van der Waals surface area contributed by atoms with Gasteiger partial charge in [-0.1, -0.05) is 0 Å². The third-order valence-electron chi connectivity index (χ3n) is 3.87. The van der Waals surface area contributed by atoms with Crippen molar-refractivity contribution in [3.8, 4) is 0 Å². The lowest BCUT2D eigenvalue weighted by atomic mass is 9.73. The standard InChI is InChI=1S/C11H16F3O2S/c12-11(13,14)10-5-8(7-1-2-7)3-4-9(10)6-17(15)16/h3,7-10,17H,1-2,4-6H2. The Morgan fingerprint density at radius 2 is 1.88 bits per heavy atom. The molecule has 17 heavy (non-hydrogen) atoms. The smallest absolute Gasteiger partial charge is 0.232 e. The Balaban J connectivity index is 2.05. The molecule has 0 heterocycles. The van der Waals surface area contributed by atoms with Crippen molar-refractivity contribution in [2.45, 2.75) is 31.9 Å². The Hall–Kier alpha value is -0.260. The van der Waals surface area contributed by atoms with Gasteiger partial charge >= 0.3 is 6.18 Å². The van der Waals surface area contributed by atoms with Gasteiger partial charge in [-0.15, -0.1) is 0 Å². The van der Waals surface area contributed by atoms with Gasteiger partial charge in [0.2, 0.25) is 0 Å². The summed E-state index contributed by atoms with van der Waals surface area (Å²) >= 11 is 0. The van der Waals surface area contributed by atoms with Gasteiger partial charge in [-0.3, -0.25) is 0 Å². The van der Waals surface area contributed by atoms with Crippen molar-refractivity contribution in [2.75, 3.05) is 5.75 Å². The largest absolute Gasteiger partial charge is 0.392 e. The van der Waals surface area contributed by atoms with E-state index in [1.807, 2.05) is 6.42 Å². The second-order valence-electron chi connectivity index (χ2n) is 5.13. The first-order valence-electron chi connectivity index (χ1n) is 5.89. The zero-order valence-electron chi connectivity index (χ0n) is 9.32. The molecule has 0 aliphatic heterocycles. The molecule has 2 rings (SSSR count). The topological polar surface area (TPSA) is 34.1 Å². The summed E-state index contributed by atoms with van der Waals surface area (Å²) < 4.78 is 59.9. The molecule has 2 aliphatic carbocycles. The molecule has 0 bridgehead atoms. The molecule has 0 spiro atoms. The number of alkyl halides is 3. The Morgan fingerprint density at radius 3 is 2.35 bits per heavy atom. The molecule has 1 radical (unpaired) electrons. The number of hydrogen-bond acceptors (Lipinski definition) is 2. The first-order valence-corrected chi connectivity index (χ1v) is 7.26. The normalized spacial score (nSPS) is 35.2. The van der Waals surface area contributed by atoms with E-state index < -0.39 is 28.7 Å². The van der Waals surface area contributed by atoms with Crippen molar-refractivity contribution in [3.63, 3.8) is 0 Å². The SMILES string of the molecule is O=[SH](=O)CC1C[CH]C(C2CC2)CC1C(F)(F)F. The highest BCUT2D eigenvalue weighted by atomic mass is 32.2. The minimum absolute atomic E-state index is 0.0439. The van der Waals surface area contributed by atoms with Crippen molar-refractivity contribution in [2.24, 2.45) is 23.7 Å². The minimum atomic E-state index is -4.27. The monoisotopic (exact) mass is 269 g/mol. The van der Waals surface area contributed by atoms with Crippen LogP contribution in [0.3, 0.4) is 0 Å². The van der Waals surface area contributed by atoms with Crippen LogP contribution in [0.4, 0.5) is 13.2 Å². The summed E-state index contributed by atoms with van der Waals surface area (Å²) in [6, 6.07) is 0. The highest BCUT2D eigenvalue weighted by Gasteiger charge is 2.49. The lowest BCUT2D eigenvalue weighted by Crippen LogP contribution is -2.38. The average Bonchev–Trinajstić information content (AvgIpc) is 2.99. The lowest BCUT2D eigenvalue weighted by molar-refractivity contribution is -0.195. The minimum Gasteiger partial charge on any atom is -0.232 e. The molecule has 0 aromatic carbocycles. The summed E-state index contributed by atoms with van der Waals surface area (Å²) in [5.74, 6) is -2.09. The molecular weight excluding hydrogens is 253 g/mol. The fourth-order valence-electron chi connectivity index (χ4n) is 2.80. The Morgan fingerprint density at radius 1 is 1.24 bits per heavy atom. The zero-order valence-corrected chi connectivity index (χ0v) is 10.2. The summed E-state index contributed by atoms with van der Waals surface area (Å²) in [5.41, 5.74) is 0. The lowest BCUT2D eigenvalue weighted by Gasteiger charge is -2.36. The van der Waals surface area contributed by atoms with Gasteiger partial charge in [0.05, 0.1) is 11.7 Å². The van der Waals surface area contributed by atoms with Crippen molar-refractivity contribution in [1.29, 1.82) is 0 Å². The van der Waals surface area contributed by atoms with Gasteiger partial charge < -0.3 is 0 Å². The second-order valence-corrected chi connectivity index (χ2v) is 6.16. The third kappa shape index (κ3) is 3.36. The Kier molecular flexibility index (Phi) is 3.71. The van der Waals surface area contributed by atoms with Crippen LogP contribution in [0.1, 0.15) is 25.7 Å². The quantitative estimate of drug-likeness (QED) is 0.798. The van der Waals surface area contributed by atoms with Crippen molar-refractivity contribution in [3.05, 3.63) is 6.42 Å². The summed E-state index contributed by atoms with van der Waals surface area (Å²) in [7, 11) is -2.73. The molecule has 3 unspecified atom stereocenters. The highest BCUT2D eigenvalue weighted by molar-refractivity contribution is 7.72. The van der Waals surface area contributed by atoms with Crippen molar-refractivity contribution >= 4 is 10.7 Å². The molecule has 3 atom stereocenters. The Labute approximate surface area is 101 Å². The van der Waals surface area contributed by atoms with Crippen LogP contribution < -0.4 is 0 Å². The van der Waals surface area contributed by atoms with Gasteiger partial charge in [0, 0.05) is 0 Å². The third-order valence-corrected chi connectivity index (χ3v) is 4.64. The zero-order chi connectivity index (χ0) is 12.6. The van der Waals surface area contributed by atoms with Crippen LogP contribution in [0.25, 0.3) is 0 Å². The van der Waals surface area contributed by atoms with E-state index in [4.69, 9.17) is 0 Å². The average molecular weight is 269 g/mol. The summed E-state index contributed by atoms with van der Waals surface area (Å²) in [6.07, 6.45) is 0.0654. The van der Waals surface area contributed by atoms with Gasteiger partial charge in [0.25, 0.3) is 0 Å². The van der Waals surface area contributed by atoms with E-state index in [9.17, 15) is 21.6 Å². The number of hydrogen-bond donors (Lipinski definition) is 1. The van der Waals surface area contributed by atoms with E-state index in [1.165, 1.54) is 0 Å². The van der Waals surface area contributed by atoms with Crippen LogP contribution >= 0.6 is 0 Å². The van der Waals surface area contributed by atoms with Crippen LogP contribution in [-0.2, 0) is 10.7 Å². The molecule has 0 N–H and O–H groups in total. The predicted molar refractivity (Wildman–Crippen MR) is 58.0 cm³/mol. The van der Waals surface area contributed by atoms with Gasteiger partial charge in [-0.2, -0.15) is 13.2 Å². The molecule has 99 valence electrons. The van der Waals surface area contributed by atoms with Crippen LogP contribution in [0, 0.1) is 30.1 Å². The maximum absolute atomic E-state index is 12.9. The van der Waals surface area contributed by atoms with Crippen molar-refractivity contribution < 1.29 is 21.6 Å².